The Morgan fingerprint density at radius 3 is 2.80 bits per heavy atom. The standard InChI is InChI=1S/C17H24FNO/c1-4-6-10-17(18,13(3)19-5-2)15-7-8-16-14(12-15)9-11-20-16/h7-9,11-13,19H,4-6,10H2,1-3H3. The number of halogens is 1. The van der Waals surface area contributed by atoms with Crippen LogP contribution in [-0.2, 0) is 5.67 Å². The topological polar surface area (TPSA) is 25.2 Å². The second kappa shape index (κ2) is 6.40. The number of likely N-dealkylation sites (N-methyl/N-ethyl adjacent to an activating group) is 1. The number of furan rings is 1. The predicted molar refractivity (Wildman–Crippen MR) is 81.7 cm³/mol. The maximum absolute atomic E-state index is 15.6. The monoisotopic (exact) mass is 277 g/mol. The van der Waals surface area contributed by atoms with E-state index in [2.05, 4.69) is 12.2 Å². The van der Waals surface area contributed by atoms with Gasteiger partial charge < -0.3 is 9.73 Å². The number of nitrogens with one attached hydrogen (secondary N) is 1. The molecule has 1 N–H and O–H groups in total. The summed E-state index contributed by atoms with van der Waals surface area (Å²) in [4.78, 5) is 0. The van der Waals surface area contributed by atoms with E-state index in [1.54, 1.807) is 6.26 Å². The predicted octanol–water partition coefficient (Wildman–Crippen LogP) is 4.79. The Bertz CT molecular complexity index is 551. The van der Waals surface area contributed by atoms with Gasteiger partial charge in [0.2, 0.25) is 0 Å². The first-order chi connectivity index (χ1) is 9.61. The first-order valence-electron chi connectivity index (χ1n) is 7.51. The van der Waals surface area contributed by atoms with Crippen LogP contribution in [0.1, 0.15) is 45.6 Å². The first-order valence-corrected chi connectivity index (χ1v) is 7.51. The molecule has 0 fully saturated rings. The van der Waals surface area contributed by atoms with E-state index < -0.39 is 5.67 Å². The zero-order valence-electron chi connectivity index (χ0n) is 12.6. The molecule has 0 bridgehead atoms. The van der Waals surface area contributed by atoms with Crippen LogP contribution in [0.2, 0.25) is 0 Å². The Labute approximate surface area is 120 Å². The van der Waals surface area contributed by atoms with Crippen molar-refractivity contribution in [2.24, 2.45) is 0 Å². The SMILES string of the molecule is CCCCC(F)(c1ccc2occc2c1)C(C)NCC. The molecule has 2 aromatic rings. The summed E-state index contributed by atoms with van der Waals surface area (Å²) in [6, 6.07) is 7.32. The van der Waals surface area contributed by atoms with Crippen molar-refractivity contribution >= 4 is 11.0 Å². The second-order valence-electron chi connectivity index (χ2n) is 5.42. The van der Waals surface area contributed by atoms with Crippen LogP contribution in [0.5, 0.6) is 0 Å². The van der Waals surface area contributed by atoms with Crippen molar-refractivity contribution in [3.8, 4) is 0 Å². The van der Waals surface area contributed by atoms with E-state index in [-0.39, 0.29) is 6.04 Å². The summed E-state index contributed by atoms with van der Waals surface area (Å²) in [7, 11) is 0. The van der Waals surface area contributed by atoms with Crippen LogP contribution >= 0.6 is 0 Å². The summed E-state index contributed by atoms with van der Waals surface area (Å²) < 4.78 is 21.0. The molecule has 1 heterocycles. The van der Waals surface area contributed by atoms with Gasteiger partial charge in [0.1, 0.15) is 5.58 Å². The van der Waals surface area contributed by atoms with Crippen molar-refractivity contribution in [1.29, 1.82) is 0 Å². The zero-order valence-corrected chi connectivity index (χ0v) is 12.6. The molecule has 0 aliphatic heterocycles. The molecule has 110 valence electrons. The van der Waals surface area contributed by atoms with Crippen molar-refractivity contribution in [1.82, 2.24) is 5.32 Å². The quantitative estimate of drug-likeness (QED) is 0.787. The second-order valence-corrected chi connectivity index (χ2v) is 5.42. The number of unbranched alkanes of at least 4 members (excludes halogenated alkanes) is 1. The van der Waals surface area contributed by atoms with Crippen LogP contribution in [0.4, 0.5) is 4.39 Å². The summed E-state index contributed by atoms with van der Waals surface area (Å²) in [5.41, 5.74) is 0.216. The van der Waals surface area contributed by atoms with Crippen LogP contribution in [0.25, 0.3) is 11.0 Å². The number of benzene rings is 1. The van der Waals surface area contributed by atoms with Gasteiger partial charge in [0, 0.05) is 11.4 Å². The molecule has 1 aromatic carbocycles. The van der Waals surface area contributed by atoms with Crippen LogP contribution in [0, 0.1) is 0 Å². The maximum atomic E-state index is 15.6. The zero-order chi connectivity index (χ0) is 14.6. The lowest BCUT2D eigenvalue weighted by Crippen LogP contribution is -2.43. The Balaban J connectivity index is 2.37. The summed E-state index contributed by atoms with van der Waals surface area (Å²) in [6.45, 7) is 6.80. The highest BCUT2D eigenvalue weighted by Gasteiger charge is 2.37. The van der Waals surface area contributed by atoms with Crippen molar-refractivity contribution in [3.63, 3.8) is 0 Å². The highest BCUT2D eigenvalue weighted by molar-refractivity contribution is 5.78. The number of hydrogen-bond donors (Lipinski definition) is 1. The smallest absolute Gasteiger partial charge is 0.150 e. The number of rotatable bonds is 7. The molecule has 1 aromatic heterocycles. The molecule has 0 aliphatic carbocycles. The normalized spacial score (nSPS) is 16.2. The average Bonchev–Trinajstić information content (AvgIpc) is 2.92. The van der Waals surface area contributed by atoms with E-state index in [4.69, 9.17) is 4.42 Å². The third-order valence-corrected chi connectivity index (χ3v) is 4.02. The Morgan fingerprint density at radius 1 is 1.30 bits per heavy atom. The molecule has 2 rings (SSSR count). The largest absolute Gasteiger partial charge is 0.464 e. The van der Waals surface area contributed by atoms with Crippen molar-refractivity contribution < 1.29 is 8.81 Å². The molecule has 0 aliphatic rings. The highest BCUT2D eigenvalue weighted by Crippen LogP contribution is 2.37. The summed E-state index contributed by atoms with van der Waals surface area (Å²) in [5, 5.41) is 4.20. The van der Waals surface area contributed by atoms with E-state index in [9.17, 15) is 0 Å². The van der Waals surface area contributed by atoms with Crippen molar-refractivity contribution in [2.75, 3.05) is 6.54 Å². The van der Waals surface area contributed by atoms with Gasteiger partial charge in [0.25, 0.3) is 0 Å². The third kappa shape index (κ3) is 2.88. The van der Waals surface area contributed by atoms with Gasteiger partial charge in [-0.1, -0.05) is 32.8 Å². The van der Waals surface area contributed by atoms with Gasteiger partial charge in [0.05, 0.1) is 6.26 Å². The molecule has 0 saturated heterocycles. The molecule has 3 heteroatoms. The molecule has 20 heavy (non-hydrogen) atoms. The number of hydrogen-bond acceptors (Lipinski definition) is 2. The number of alkyl halides is 1. The fourth-order valence-electron chi connectivity index (χ4n) is 2.74. The van der Waals surface area contributed by atoms with Gasteiger partial charge in [-0.25, -0.2) is 4.39 Å². The van der Waals surface area contributed by atoms with E-state index in [0.29, 0.717) is 6.42 Å². The van der Waals surface area contributed by atoms with Crippen LogP contribution in [0.3, 0.4) is 0 Å². The molecule has 2 atom stereocenters. The minimum absolute atomic E-state index is 0.205. The maximum Gasteiger partial charge on any atom is 0.150 e. The molecule has 0 saturated carbocycles. The first kappa shape index (κ1) is 15.0. The summed E-state index contributed by atoms with van der Waals surface area (Å²) in [6.07, 6.45) is 4.07. The van der Waals surface area contributed by atoms with Gasteiger partial charge >= 0.3 is 0 Å². The van der Waals surface area contributed by atoms with Gasteiger partial charge in [-0.3, -0.25) is 0 Å². The molecule has 0 spiro atoms. The highest BCUT2D eigenvalue weighted by atomic mass is 19.1. The minimum Gasteiger partial charge on any atom is -0.464 e. The molecule has 2 unspecified atom stereocenters. The minimum atomic E-state index is -1.34. The van der Waals surface area contributed by atoms with Crippen LogP contribution in [0.15, 0.2) is 34.9 Å². The molecule has 0 radical (unpaired) electrons. The Kier molecular flexibility index (Phi) is 4.81. The Morgan fingerprint density at radius 2 is 2.10 bits per heavy atom. The van der Waals surface area contributed by atoms with Crippen molar-refractivity contribution in [2.45, 2.75) is 51.7 Å². The number of fused-ring (bicyclic) bond motifs is 1. The van der Waals surface area contributed by atoms with Crippen LogP contribution in [-0.4, -0.2) is 12.6 Å². The summed E-state index contributed by atoms with van der Waals surface area (Å²) in [5.74, 6) is 0. The molecule has 2 nitrogen and oxygen atoms in total. The summed E-state index contributed by atoms with van der Waals surface area (Å²) >= 11 is 0. The van der Waals surface area contributed by atoms with Gasteiger partial charge in [-0.15, -0.1) is 0 Å². The van der Waals surface area contributed by atoms with E-state index >= 15 is 4.39 Å². The van der Waals surface area contributed by atoms with Gasteiger partial charge in [-0.2, -0.15) is 0 Å². The lowest BCUT2D eigenvalue weighted by molar-refractivity contribution is 0.0978. The van der Waals surface area contributed by atoms with E-state index in [1.807, 2.05) is 38.1 Å². The fraction of sp³-hybridized carbons (Fsp3) is 0.529. The van der Waals surface area contributed by atoms with Gasteiger partial charge in [-0.05, 0) is 43.7 Å². The van der Waals surface area contributed by atoms with Gasteiger partial charge in [0.15, 0.2) is 5.67 Å². The van der Waals surface area contributed by atoms with E-state index in [1.165, 1.54) is 0 Å². The van der Waals surface area contributed by atoms with Crippen LogP contribution < -0.4 is 5.32 Å². The molecule has 0 amide bonds. The van der Waals surface area contributed by atoms with Crippen molar-refractivity contribution in [3.05, 3.63) is 36.1 Å². The third-order valence-electron chi connectivity index (χ3n) is 4.02. The van der Waals surface area contributed by atoms with E-state index in [0.717, 1.165) is 35.9 Å². The lowest BCUT2D eigenvalue weighted by Gasteiger charge is -2.33. The molecular formula is C17H24FNO. The Hall–Kier alpha value is -1.35. The average molecular weight is 277 g/mol. The fourth-order valence-corrected chi connectivity index (χ4v) is 2.74. The molecular weight excluding hydrogens is 253 g/mol. The lowest BCUT2D eigenvalue weighted by atomic mass is 9.84.